The summed E-state index contributed by atoms with van der Waals surface area (Å²) in [6.45, 7) is 4.61. The van der Waals surface area contributed by atoms with Gasteiger partial charge >= 0.3 is 0 Å². The maximum atomic E-state index is 6.64. The van der Waals surface area contributed by atoms with Gasteiger partial charge in [0.25, 0.3) is 0 Å². The minimum Gasteiger partial charge on any atom is -0.369 e. The van der Waals surface area contributed by atoms with Gasteiger partial charge in [-0.3, -0.25) is 0 Å². The number of hydrogen-bond acceptors (Lipinski definition) is 2. The van der Waals surface area contributed by atoms with Crippen LogP contribution < -0.4 is 5.32 Å². The van der Waals surface area contributed by atoms with E-state index in [4.69, 9.17) is 4.74 Å². The molecule has 0 aromatic heterocycles. The first-order chi connectivity index (χ1) is 8.77. The van der Waals surface area contributed by atoms with Gasteiger partial charge in [-0.25, -0.2) is 0 Å². The van der Waals surface area contributed by atoms with Crippen LogP contribution in [0.5, 0.6) is 0 Å². The molecule has 2 saturated carbocycles. The number of hydrogen-bond donors (Lipinski definition) is 1. The van der Waals surface area contributed by atoms with Crippen molar-refractivity contribution in [3.8, 4) is 0 Å². The van der Waals surface area contributed by atoms with Gasteiger partial charge in [-0.2, -0.15) is 0 Å². The fourth-order valence-corrected chi connectivity index (χ4v) is 4.42. The minimum atomic E-state index is 0.210. The van der Waals surface area contributed by atoms with Crippen LogP contribution in [0.15, 0.2) is 0 Å². The van der Waals surface area contributed by atoms with Crippen LogP contribution in [0.1, 0.15) is 64.7 Å². The van der Waals surface area contributed by atoms with Crippen molar-refractivity contribution in [3.63, 3.8) is 0 Å². The minimum absolute atomic E-state index is 0.210. The van der Waals surface area contributed by atoms with Crippen molar-refractivity contribution in [3.05, 3.63) is 0 Å². The van der Waals surface area contributed by atoms with E-state index in [1.54, 1.807) is 0 Å². The summed E-state index contributed by atoms with van der Waals surface area (Å²) in [4.78, 5) is 0. The first kappa shape index (κ1) is 12.9. The molecular formula is C16H29NO. The van der Waals surface area contributed by atoms with Crippen molar-refractivity contribution in [1.82, 2.24) is 5.32 Å². The standard InChI is InChI=1S/C16H29NO/c1-13-6-5-7-14(10-13)15-11-17-12-16(18-15)8-3-2-4-9-16/h13-15,17H,2-12H2,1H3. The van der Waals surface area contributed by atoms with Gasteiger partial charge in [-0.05, 0) is 37.5 Å². The van der Waals surface area contributed by atoms with Crippen LogP contribution in [0.2, 0.25) is 0 Å². The molecule has 3 rings (SSSR count). The molecule has 3 atom stereocenters. The molecule has 1 saturated heterocycles. The summed E-state index contributed by atoms with van der Waals surface area (Å²) in [5.74, 6) is 1.73. The van der Waals surface area contributed by atoms with Crippen LogP contribution in [0.25, 0.3) is 0 Å². The third-order valence-electron chi connectivity index (χ3n) is 5.46. The van der Waals surface area contributed by atoms with E-state index >= 15 is 0 Å². The molecule has 18 heavy (non-hydrogen) atoms. The predicted molar refractivity (Wildman–Crippen MR) is 74.7 cm³/mol. The van der Waals surface area contributed by atoms with E-state index in [1.807, 2.05) is 0 Å². The zero-order valence-electron chi connectivity index (χ0n) is 11.9. The molecule has 2 heteroatoms. The lowest BCUT2D eigenvalue weighted by Gasteiger charge is -2.47. The quantitative estimate of drug-likeness (QED) is 0.770. The van der Waals surface area contributed by atoms with Crippen LogP contribution >= 0.6 is 0 Å². The van der Waals surface area contributed by atoms with E-state index in [0.29, 0.717) is 6.10 Å². The van der Waals surface area contributed by atoms with Gasteiger partial charge in [-0.1, -0.05) is 39.0 Å². The Bertz CT molecular complexity index is 267. The number of nitrogens with one attached hydrogen (secondary N) is 1. The summed E-state index contributed by atoms with van der Waals surface area (Å²) in [5, 5.41) is 3.68. The van der Waals surface area contributed by atoms with E-state index in [1.165, 1.54) is 57.8 Å². The molecule has 1 aliphatic heterocycles. The maximum absolute atomic E-state index is 6.64. The predicted octanol–water partition coefficient (Wildman–Crippen LogP) is 3.50. The molecule has 1 heterocycles. The van der Waals surface area contributed by atoms with E-state index in [-0.39, 0.29) is 5.60 Å². The topological polar surface area (TPSA) is 21.3 Å². The summed E-state index contributed by atoms with van der Waals surface area (Å²) in [6, 6.07) is 0. The van der Waals surface area contributed by atoms with Crippen molar-refractivity contribution in [2.24, 2.45) is 11.8 Å². The second-order valence-electron chi connectivity index (χ2n) is 7.06. The fraction of sp³-hybridized carbons (Fsp3) is 1.00. The van der Waals surface area contributed by atoms with Gasteiger partial charge in [0.2, 0.25) is 0 Å². The highest BCUT2D eigenvalue weighted by molar-refractivity contribution is 4.93. The Morgan fingerprint density at radius 3 is 2.67 bits per heavy atom. The molecule has 3 unspecified atom stereocenters. The second-order valence-corrected chi connectivity index (χ2v) is 7.06. The molecule has 104 valence electrons. The summed E-state index contributed by atoms with van der Waals surface area (Å²) in [7, 11) is 0. The number of ether oxygens (including phenoxy) is 1. The number of morpholine rings is 1. The van der Waals surface area contributed by atoms with E-state index in [2.05, 4.69) is 12.2 Å². The summed E-state index contributed by atoms with van der Waals surface area (Å²) < 4.78 is 6.64. The third kappa shape index (κ3) is 2.75. The zero-order chi connectivity index (χ0) is 12.4. The van der Waals surface area contributed by atoms with Gasteiger partial charge in [0, 0.05) is 13.1 Å². The molecule has 3 fully saturated rings. The SMILES string of the molecule is CC1CCCC(C2CNCC3(CCCCC3)O2)C1. The number of rotatable bonds is 1. The van der Waals surface area contributed by atoms with E-state index in [0.717, 1.165) is 24.9 Å². The first-order valence-corrected chi connectivity index (χ1v) is 8.16. The third-order valence-corrected chi connectivity index (χ3v) is 5.46. The summed E-state index contributed by atoms with van der Waals surface area (Å²) in [5.41, 5.74) is 0.210. The Morgan fingerprint density at radius 1 is 1.06 bits per heavy atom. The van der Waals surface area contributed by atoms with Crippen molar-refractivity contribution >= 4 is 0 Å². The Morgan fingerprint density at radius 2 is 1.89 bits per heavy atom. The van der Waals surface area contributed by atoms with Crippen molar-refractivity contribution < 1.29 is 4.74 Å². The monoisotopic (exact) mass is 251 g/mol. The largest absolute Gasteiger partial charge is 0.369 e. The average Bonchev–Trinajstić information content (AvgIpc) is 2.40. The summed E-state index contributed by atoms with van der Waals surface area (Å²) in [6.07, 6.45) is 12.9. The van der Waals surface area contributed by atoms with Crippen LogP contribution in [-0.2, 0) is 4.74 Å². The van der Waals surface area contributed by atoms with E-state index in [9.17, 15) is 0 Å². The van der Waals surface area contributed by atoms with E-state index < -0.39 is 0 Å². The average molecular weight is 251 g/mol. The molecule has 0 radical (unpaired) electrons. The molecule has 3 aliphatic rings. The summed E-state index contributed by atoms with van der Waals surface area (Å²) >= 11 is 0. The normalized spacial score (nSPS) is 40.8. The van der Waals surface area contributed by atoms with Gasteiger partial charge in [0.15, 0.2) is 0 Å². The Labute approximate surface area is 112 Å². The van der Waals surface area contributed by atoms with Crippen LogP contribution in [-0.4, -0.2) is 24.8 Å². The molecule has 0 aromatic carbocycles. The van der Waals surface area contributed by atoms with Crippen molar-refractivity contribution in [1.29, 1.82) is 0 Å². The highest BCUT2D eigenvalue weighted by Crippen LogP contribution is 2.39. The molecule has 0 aromatic rings. The van der Waals surface area contributed by atoms with Crippen LogP contribution in [0.3, 0.4) is 0 Å². The van der Waals surface area contributed by atoms with Gasteiger partial charge in [0.05, 0.1) is 11.7 Å². The second kappa shape index (κ2) is 5.50. The first-order valence-electron chi connectivity index (χ1n) is 8.16. The van der Waals surface area contributed by atoms with Gasteiger partial charge in [0.1, 0.15) is 0 Å². The van der Waals surface area contributed by atoms with Crippen LogP contribution in [0.4, 0.5) is 0 Å². The lowest BCUT2D eigenvalue weighted by molar-refractivity contribution is -0.156. The molecule has 0 bridgehead atoms. The van der Waals surface area contributed by atoms with Crippen molar-refractivity contribution in [2.45, 2.75) is 76.4 Å². The highest BCUT2D eigenvalue weighted by Gasteiger charge is 2.41. The highest BCUT2D eigenvalue weighted by atomic mass is 16.5. The van der Waals surface area contributed by atoms with Gasteiger partial charge in [-0.15, -0.1) is 0 Å². The molecule has 2 aliphatic carbocycles. The van der Waals surface area contributed by atoms with Crippen molar-refractivity contribution in [2.75, 3.05) is 13.1 Å². The molecule has 1 N–H and O–H groups in total. The smallest absolute Gasteiger partial charge is 0.0810 e. The Balaban J connectivity index is 1.62. The fourth-order valence-electron chi connectivity index (χ4n) is 4.42. The Hall–Kier alpha value is -0.0800. The molecule has 2 nitrogen and oxygen atoms in total. The lowest BCUT2D eigenvalue weighted by atomic mass is 9.77. The molecule has 0 amide bonds. The lowest BCUT2D eigenvalue weighted by Crippen LogP contribution is -2.56. The zero-order valence-corrected chi connectivity index (χ0v) is 11.9. The van der Waals surface area contributed by atoms with Crippen LogP contribution in [0, 0.1) is 11.8 Å². The Kier molecular flexibility index (Phi) is 3.95. The molecular weight excluding hydrogens is 222 g/mol. The van der Waals surface area contributed by atoms with Gasteiger partial charge < -0.3 is 10.1 Å². The maximum Gasteiger partial charge on any atom is 0.0810 e. The molecule has 1 spiro atoms.